The van der Waals surface area contributed by atoms with Gasteiger partial charge in [0.1, 0.15) is 12.4 Å². The van der Waals surface area contributed by atoms with E-state index in [-0.39, 0.29) is 0 Å². The molecule has 0 aliphatic rings. The molecule has 0 heterocycles. The average molecular weight is 245 g/mol. The summed E-state index contributed by atoms with van der Waals surface area (Å²) in [5.41, 5.74) is 1.34. The van der Waals surface area contributed by atoms with E-state index in [1.807, 2.05) is 24.3 Å². The van der Waals surface area contributed by atoms with E-state index < -0.39 is 0 Å². The van der Waals surface area contributed by atoms with Crippen LogP contribution in [0.25, 0.3) is 0 Å². The highest BCUT2D eigenvalue weighted by Gasteiger charge is 2.01. The third kappa shape index (κ3) is 5.19. The zero-order valence-electron chi connectivity index (χ0n) is 11.3. The molecule has 0 spiro atoms. The van der Waals surface area contributed by atoms with Crippen molar-refractivity contribution in [1.82, 2.24) is 4.90 Å². The Morgan fingerprint density at radius 2 is 1.72 bits per heavy atom. The van der Waals surface area contributed by atoms with Crippen LogP contribution in [0.5, 0.6) is 5.75 Å². The van der Waals surface area contributed by atoms with Gasteiger partial charge in [0.25, 0.3) is 0 Å². The van der Waals surface area contributed by atoms with Crippen LogP contribution in [-0.4, -0.2) is 31.1 Å². The summed E-state index contributed by atoms with van der Waals surface area (Å²) in [5, 5.41) is 0. The molecule has 2 nitrogen and oxygen atoms in total. The average Bonchev–Trinajstić information content (AvgIpc) is 2.40. The third-order valence-corrected chi connectivity index (χ3v) is 2.78. The van der Waals surface area contributed by atoms with Crippen LogP contribution in [0.2, 0.25) is 0 Å². The molecule has 0 aromatic heterocycles. The van der Waals surface area contributed by atoms with Crippen molar-refractivity contribution < 1.29 is 4.74 Å². The Hall–Kier alpha value is -1.54. The van der Waals surface area contributed by atoms with Crippen molar-refractivity contribution in [2.45, 2.75) is 13.3 Å². The van der Waals surface area contributed by atoms with Crippen LogP contribution >= 0.6 is 0 Å². The Morgan fingerprint density at radius 3 is 2.22 bits per heavy atom. The maximum Gasteiger partial charge on any atom is 0.119 e. The molecular formula is C16H23NO. The van der Waals surface area contributed by atoms with Gasteiger partial charge in [0, 0.05) is 19.6 Å². The van der Waals surface area contributed by atoms with Gasteiger partial charge in [-0.2, -0.15) is 0 Å². The first-order chi connectivity index (χ1) is 8.80. The fourth-order valence-corrected chi connectivity index (χ4v) is 1.74. The van der Waals surface area contributed by atoms with Gasteiger partial charge in [-0.3, -0.25) is 4.90 Å². The quantitative estimate of drug-likeness (QED) is 0.619. The Labute approximate surface area is 111 Å². The fourth-order valence-electron chi connectivity index (χ4n) is 1.74. The highest BCUT2D eigenvalue weighted by atomic mass is 16.5. The highest BCUT2D eigenvalue weighted by molar-refractivity contribution is 5.27. The summed E-state index contributed by atoms with van der Waals surface area (Å²) in [4.78, 5) is 2.24. The number of hydrogen-bond donors (Lipinski definition) is 0. The molecule has 0 radical (unpaired) electrons. The molecule has 0 saturated carbocycles. The van der Waals surface area contributed by atoms with E-state index in [0.29, 0.717) is 6.61 Å². The molecule has 0 atom stereocenters. The molecule has 0 amide bonds. The van der Waals surface area contributed by atoms with Crippen molar-refractivity contribution in [2.24, 2.45) is 0 Å². The van der Waals surface area contributed by atoms with E-state index in [1.54, 1.807) is 0 Å². The molecule has 0 unspecified atom stereocenters. The first kappa shape index (κ1) is 14.5. The number of aryl methyl sites for hydroxylation is 1. The lowest BCUT2D eigenvalue weighted by Gasteiger charge is -2.18. The molecule has 0 saturated heterocycles. The second-order valence-electron chi connectivity index (χ2n) is 4.18. The molecule has 0 N–H and O–H groups in total. The van der Waals surface area contributed by atoms with Crippen LogP contribution in [0.1, 0.15) is 12.5 Å². The van der Waals surface area contributed by atoms with E-state index in [1.165, 1.54) is 5.56 Å². The van der Waals surface area contributed by atoms with Crippen molar-refractivity contribution in [1.29, 1.82) is 0 Å². The van der Waals surface area contributed by atoms with Gasteiger partial charge < -0.3 is 4.74 Å². The first-order valence-electron chi connectivity index (χ1n) is 6.46. The Kier molecular flexibility index (Phi) is 6.89. The van der Waals surface area contributed by atoms with Gasteiger partial charge in [-0.25, -0.2) is 0 Å². The number of rotatable bonds is 9. The van der Waals surface area contributed by atoms with Crippen LogP contribution in [0.3, 0.4) is 0 Å². The SMILES string of the molecule is C=CCN(CC=C)CCOc1ccc(CC)cc1. The summed E-state index contributed by atoms with van der Waals surface area (Å²) in [6, 6.07) is 8.29. The number of nitrogens with zero attached hydrogens (tertiary/aromatic N) is 1. The Bertz CT molecular complexity index is 346. The van der Waals surface area contributed by atoms with Crippen molar-refractivity contribution in [3.63, 3.8) is 0 Å². The molecular weight excluding hydrogens is 222 g/mol. The zero-order chi connectivity index (χ0) is 13.2. The smallest absolute Gasteiger partial charge is 0.119 e. The van der Waals surface area contributed by atoms with E-state index in [9.17, 15) is 0 Å². The van der Waals surface area contributed by atoms with Crippen molar-refractivity contribution in [3.05, 3.63) is 55.1 Å². The summed E-state index contributed by atoms with van der Waals surface area (Å²) in [6.45, 7) is 13.0. The third-order valence-electron chi connectivity index (χ3n) is 2.78. The van der Waals surface area contributed by atoms with Gasteiger partial charge in [-0.1, -0.05) is 31.2 Å². The lowest BCUT2D eigenvalue weighted by Crippen LogP contribution is -2.28. The van der Waals surface area contributed by atoms with Crippen LogP contribution in [0, 0.1) is 0 Å². The molecule has 0 fully saturated rings. The van der Waals surface area contributed by atoms with Crippen molar-refractivity contribution in [3.8, 4) is 5.75 Å². The van der Waals surface area contributed by atoms with Crippen LogP contribution in [-0.2, 0) is 6.42 Å². The summed E-state index contributed by atoms with van der Waals surface area (Å²) in [5.74, 6) is 0.935. The molecule has 18 heavy (non-hydrogen) atoms. The molecule has 1 rings (SSSR count). The number of benzene rings is 1. The van der Waals surface area contributed by atoms with E-state index in [4.69, 9.17) is 4.74 Å². The first-order valence-corrected chi connectivity index (χ1v) is 6.46. The predicted molar refractivity (Wildman–Crippen MR) is 78.1 cm³/mol. The van der Waals surface area contributed by atoms with Crippen molar-refractivity contribution >= 4 is 0 Å². The van der Waals surface area contributed by atoms with E-state index >= 15 is 0 Å². The Balaban J connectivity index is 2.34. The lowest BCUT2D eigenvalue weighted by molar-refractivity contribution is 0.236. The molecule has 2 heteroatoms. The number of ether oxygens (including phenoxy) is 1. The minimum absolute atomic E-state index is 0.688. The van der Waals surface area contributed by atoms with Gasteiger partial charge in [0.2, 0.25) is 0 Å². The largest absolute Gasteiger partial charge is 0.492 e. The molecule has 0 aliphatic heterocycles. The summed E-state index contributed by atoms with van der Waals surface area (Å²) in [7, 11) is 0. The van der Waals surface area contributed by atoms with Gasteiger partial charge in [0.15, 0.2) is 0 Å². The monoisotopic (exact) mass is 245 g/mol. The minimum atomic E-state index is 0.688. The van der Waals surface area contributed by atoms with Gasteiger partial charge in [-0.15, -0.1) is 13.2 Å². The van der Waals surface area contributed by atoms with Crippen LogP contribution in [0.4, 0.5) is 0 Å². The van der Waals surface area contributed by atoms with Gasteiger partial charge in [0.05, 0.1) is 0 Å². The zero-order valence-corrected chi connectivity index (χ0v) is 11.3. The molecule has 1 aromatic rings. The summed E-state index contributed by atoms with van der Waals surface area (Å²) < 4.78 is 5.72. The standard InChI is InChI=1S/C16H23NO/c1-4-11-17(12-5-2)13-14-18-16-9-7-15(6-3)8-10-16/h4-5,7-10H,1-2,6,11-14H2,3H3. The fraction of sp³-hybridized carbons (Fsp3) is 0.375. The summed E-state index contributed by atoms with van der Waals surface area (Å²) in [6.07, 6.45) is 4.87. The number of hydrogen-bond acceptors (Lipinski definition) is 2. The second-order valence-corrected chi connectivity index (χ2v) is 4.18. The van der Waals surface area contributed by atoms with Gasteiger partial charge >= 0.3 is 0 Å². The minimum Gasteiger partial charge on any atom is -0.492 e. The molecule has 0 aliphatic carbocycles. The molecule has 1 aromatic carbocycles. The van der Waals surface area contributed by atoms with E-state index in [0.717, 1.165) is 31.8 Å². The summed E-state index contributed by atoms with van der Waals surface area (Å²) >= 11 is 0. The van der Waals surface area contributed by atoms with E-state index in [2.05, 4.69) is 37.1 Å². The van der Waals surface area contributed by atoms with Gasteiger partial charge in [-0.05, 0) is 24.1 Å². The lowest BCUT2D eigenvalue weighted by atomic mass is 10.2. The van der Waals surface area contributed by atoms with Crippen LogP contribution < -0.4 is 4.74 Å². The van der Waals surface area contributed by atoms with Crippen LogP contribution in [0.15, 0.2) is 49.6 Å². The normalized spacial score (nSPS) is 10.3. The molecule has 0 bridgehead atoms. The maximum absolute atomic E-state index is 5.72. The molecule has 98 valence electrons. The maximum atomic E-state index is 5.72. The highest BCUT2D eigenvalue weighted by Crippen LogP contribution is 2.12. The Morgan fingerprint density at radius 1 is 1.11 bits per heavy atom. The topological polar surface area (TPSA) is 12.5 Å². The second kappa shape index (κ2) is 8.54. The predicted octanol–water partition coefficient (Wildman–Crippen LogP) is 3.30. The van der Waals surface area contributed by atoms with Crippen molar-refractivity contribution in [2.75, 3.05) is 26.2 Å².